The van der Waals surface area contributed by atoms with Crippen LogP contribution < -0.4 is 9.47 Å². The van der Waals surface area contributed by atoms with Gasteiger partial charge in [0.25, 0.3) is 0 Å². The molecule has 0 atom stereocenters. The summed E-state index contributed by atoms with van der Waals surface area (Å²) in [5.74, 6) is -3.49. The number of methoxy groups -OCH3 is 1. The molecule has 0 aromatic heterocycles. The number of phenols is 2. The lowest BCUT2D eigenvalue weighted by atomic mass is 9.94. The van der Waals surface area contributed by atoms with E-state index in [0.717, 1.165) is 43.7 Å². The van der Waals surface area contributed by atoms with Crippen molar-refractivity contribution in [3.63, 3.8) is 0 Å². The highest BCUT2D eigenvalue weighted by Crippen LogP contribution is 2.37. The lowest BCUT2D eigenvalue weighted by Gasteiger charge is -2.28. The molecule has 258 valence electrons. The molecule has 1 aliphatic heterocycles. The topological polar surface area (TPSA) is 138 Å². The Balaban J connectivity index is 1.64. The van der Waals surface area contributed by atoms with Crippen molar-refractivity contribution < 1.29 is 48.3 Å². The molecule has 0 radical (unpaired) electrons. The zero-order valence-electron chi connectivity index (χ0n) is 28.0. The number of benzene rings is 3. The van der Waals surface area contributed by atoms with Gasteiger partial charge in [0.15, 0.2) is 5.79 Å². The van der Waals surface area contributed by atoms with E-state index in [1.807, 2.05) is 25.1 Å². The number of carbonyl (C=O) groups is 3. The Morgan fingerprint density at radius 1 is 0.792 bits per heavy atom. The highest BCUT2D eigenvalue weighted by Gasteiger charge is 2.38. The molecule has 1 heterocycles. The summed E-state index contributed by atoms with van der Waals surface area (Å²) in [5, 5.41) is 22.1. The molecule has 0 saturated carbocycles. The molecule has 4 rings (SSSR count). The maximum absolute atomic E-state index is 13.7. The highest BCUT2D eigenvalue weighted by atomic mass is 16.7. The second-order valence-electron chi connectivity index (χ2n) is 12.0. The number of esters is 2. The Morgan fingerprint density at radius 2 is 1.42 bits per heavy atom. The molecule has 48 heavy (non-hydrogen) atoms. The van der Waals surface area contributed by atoms with Crippen LogP contribution in [0.1, 0.15) is 103 Å². The number of ether oxygens (including phenoxy) is 5. The first-order chi connectivity index (χ1) is 23.2. The Hall–Kier alpha value is -4.41. The minimum absolute atomic E-state index is 0.0351. The molecule has 0 amide bonds. The smallest absolute Gasteiger partial charge is 0.347 e. The van der Waals surface area contributed by atoms with Gasteiger partial charge in [0.05, 0.1) is 20.3 Å². The summed E-state index contributed by atoms with van der Waals surface area (Å²) >= 11 is 0. The normalized spacial score (nSPS) is 13.6. The third-order valence-electron chi connectivity index (χ3n) is 8.29. The van der Waals surface area contributed by atoms with Gasteiger partial charge in [-0.15, -0.1) is 0 Å². The molecule has 0 bridgehead atoms. The van der Waals surface area contributed by atoms with Crippen LogP contribution in [0.5, 0.6) is 23.0 Å². The largest absolute Gasteiger partial charge is 0.507 e. The van der Waals surface area contributed by atoms with E-state index >= 15 is 0 Å². The zero-order valence-corrected chi connectivity index (χ0v) is 28.0. The molecule has 1 fully saturated rings. The minimum Gasteiger partial charge on any atom is -0.507 e. The monoisotopic (exact) mass is 662 g/mol. The fourth-order valence-corrected chi connectivity index (χ4v) is 5.83. The van der Waals surface area contributed by atoms with Crippen molar-refractivity contribution in [3.05, 3.63) is 82.4 Å². The molecule has 0 spiro atoms. The highest BCUT2D eigenvalue weighted by molar-refractivity contribution is 5.98. The second kappa shape index (κ2) is 17.7. The molecule has 3 aromatic carbocycles. The Bertz CT molecular complexity index is 1540. The Labute approximate surface area is 281 Å². The van der Waals surface area contributed by atoms with Gasteiger partial charge in [-0.25, -0.2) is 9.59 Å². The third-order valence-corrected chi connectivity index (χ3v) is 8.29. The lowest BCUT2D eigenvalue weighted by molar-refractivity contribution is -0.161. The SMILES string of the molecule is CCCCCC(=O)Cc1cc(OC(=O)c2c(O)cc(OC)cc2CC2(CCCCC)OCCO2)cc(O)c1C(=O)OCc1ccccc1. The van der Waals surface area contributed by atoms with Gasteiger partial charge in [-0.2, -0.15) is 0 Å². The summed E-state index contributed by atoms with van der Waals surface area (Å²) in [6.45, 7) is 4.91. The fraction of sp³-hybridized carbons (Fsp3) is 0.447. The van der Waals surface area contributed by atoms with Gasteiger partial charge in [0, 0.05) is 37.8 Å². The van der Waals surface area contributed by atoms with Crippen LogP contribution in [-0.2, 0) is 38.5 Å². The van der Waals surface area contributed by atoms with E-state index in [4.69, 9.17) is 23.7 Å². The molecular weight excluding hydrogens is 616 g/mol. The molecular formula is C38H46O10. The van der Waals surface area contributed by atoms with Crippen LogP contribution >= 0.6 is 0 Å². The Morgan fingerprint density at radius 3 is 2.08 bits per heavy atom. The van der Waals surface area contributed by atoms with Crippen LogP contribution in [0.3, 0.4) is 0 Å². The van der Waals surface area contributed by atoms with E-state index in [9.17, 15) is 24.6 Å². The van der Waals surface area contributed by atoms with Crippen LogP contribution in [0.4, 0.5) is 0 Å². The van der Waals surface area contributed by atoms with Crippen molar-refractivity contribution in [2.45, 2.75) is 90.4 Å². The van der Waals surface area contributed by atoms with Gasteiger partial charge in [-0.05, 0) is 41.7 Å². The van der Waals surface area contributed by atoms with Gasteiger partial charge in [-0.3, -0.25) is 4.79 Å². The van der Waals surface area contributed by atoms with Gasteiger partial charge >= 0.3 is 11.9 Å². The molecule has 10 heteroatoms. The third kappa shape index (κ3) is 9.81. The summed E-state index contributed by atoms with van der Waals surface area (Å²) in [5.41, 5.74) is 1.02. The summed E-state index contributed by atoms with van der Waals surface area (Å²) in [7, 11) is 1.45. The molecule has 0 aliphatic carbocycles. The molecule has 1 aliphatic rings. The number of unbranched alkanes of at least 4 members (excludes halogenated alkanes) is 4. The maximum Gasteiger partial charge on any atom is 0.347 e. The van der Waals surface area contributed by atoms with Crippen LogP contribution in [0, 0.1) is 0 Å². The summed E-state index contributed by atoms with van der Waals surface area (Å²) in [6.07, 6.45) is 6.23. The first-order valence-corrected chi connectivity index (χ1v) is 16.7. The Kier molecular flexibility index (Phi) is 13.4. The zero-order chi connectivity index (χ0) is 34.5. The van der Waals surface area contributed by atoms with Crippen molar-refractivity contribution in [2.75, 3.05) is 20.3 Å². The van der Waals surface area contributed by atoms with E-state index in [-0.39, 0.29) is 53.4 Å². The number of hydrogen-bond donors (Lipinski definition) is 2. The van der Waals surface area contributed by atoms with Crippen molar-refractivity contribution >= 4 is 17.7 Å². The van der Waals surface area contributed by atoms with E-state index < -0.39 is 23.5 Å². The number of ketones is 1. The van der Waals surface area contributed by atoms with Gasteiger partial charge in [0.2, 0.25) is 0 Å². The van der Waals surface area contributed by atoms with Crippen LogP contribution in [0.15, 0.2) is 54.6 Å². The van der Waals surface area contributed by atoms with Crippen molar-refractivity contribution in [1.82, 2.24) is 0 Å². The first-order valence-electron chi connectivity index (χ1n) is 16.7. The average molecular weight is 663 g/mol. The van der Waals surface area contributed by atoms with Gasteiger partial charge in [0.1, 0.15) is 46.5 Å². The number of phenolic OH excluding ortho intramolecular Hbond substituents is 2. The molecule has 10 nitrogen and oxygen atoms in total. The number of Topliss-reactive ketones (excluding diaryl/α,β-unsaturated/α-hetero) is 1. The van der Waals surface area contributed by atoms with E-state index in [2.05, 4.69) is 6.92 Å². The maximum atomic E-state index is 13.7. The molecule has 1 saturated heterocycles. The van der Waals surface area contributed by atoms with E-state index in [1.165, 1.54) is 19.2 Å². The fourth-order valence-electron chi connectivity index (χ4n) is 5.83. The van der Waals surface area contributed by atoms with Crippen molar-refractivity contribution in [2.24, 2.45) is 0 Å². The van der Waals surface area contributed by atoms with Crippen molar-refractivity contribution in [1.29, 1.82) is 0 Å². The van der Waals surface area contributed by atoms with Crippen molar-refractivity contribution in [3.8, 4) is 23.0 Å². The van der Waals surface area contributed by atoms with Gasteiger partial charge < -0.3 is 33.9 Å². The number of aromatic hydroxyl groups is 2. The average Bonchev–Trinajstić information content (AvgIpc) is 3.52. The molecule has 2 N–H and O–H groups in total. The standard InChI is InChI=1S/C38H46O10/c1-4-6-9-15-29(39)19-27-20-31(23-33(41)34(27)36(42)45-25-26-13-10-8-11-14-26)48-37(43)35-28(21-30(44-3)22-32(35)40)24-38(16-12-7-5-2)46-17-18-47-38/h8,10-11,13-14,20-23,40-41H,4-7,9,12,15-19,24-25H2,1-3H3. The lowest BCUT2D eigenvalue weighted by Crippen LogP contribution is -2.34. The summed E-state index contributed by atoms with van der Waals surface area (Å²) in [4.78, 5) is 39.9. The second-order valence-corrected chi connectivity index (χ2v) is 12.0. The van der Waals surface area contributed by atoms with Crippen LogP contribution in [0.2, 0.25) is 0 Å². The molecule has 3 aromatic rings. The first kappa shape index (κ1) is 36.4. The van der Waals surface area contributed by atoms with E-state index in [1.54, 1.807) is 18.2 Å². The minimum atomic E-state index is -0.978. The number of carbonyl (C=O) groups excluding carboxylic acids is 3. The van der Waals surface area contributed by atoms with Crippen LogP contribution in [0.25, 0.3) is 0 Å². The number of hydrogen-bond acceptors (Lipinski definition) is 10. The predicted molar refractivity (Wildman–Crippen MR) is 179 cm³/mol. The number of rotatable bonds is 18. The van der Waals surface area contributed by atoms with E-state index in [0.29, 0.717) is 43.8 Å². The summed E-state index contributed by atoms with van der Waals surface area (Å²) in [6, 6.07) is 14.5. The summed E-state index contributed by atoms with van der Waals surface area (Å²) < 4.78 is 28.6. The van der Waals surface area contributed by atoms with Crippen LogP contribution in [-0.4, -0.2) is 54.0 Å². The van der Waals surface area contributed by atoms with Gasteiger partial charge in [-0.1, -0.05) is 69.9 Å². The predicted octanol–water partition coefficient (Wildman–Crippen LogP) is 7.24. The quantitative estimate of drug-likeness (QED) is 0.0814. The molecule has 0 unspecified atom stereocenters.